The van der Waals surface area contributed by atoms with E-state index in [9.17, 15) is 4.79 Å². The van der Waals surface area contributed by atoms with Gasteiger partial charge in [-0.25, -0.2) is 0 Å². The maximum Gasteiger partial charge on any atom is 0.223 e. The highest BCUT2D eigenvalue weighted by Crippen LogP contribution is 2.26. The van der Waals surface area contributed by atoms with Crippen molar-refractivity contribution in [2.24, 2.45) is 5.92 Å². The highest BCUT2D eigenvalue weighted by molar-refractivity contribution is 5.79. The standard InChI is InChI=1S/C20H26N4O/c25-20(17-9-14-24-18(15-17)8-11-22-24)21-10-4-13-23-12-3-6-16-5-1-2-7-19(16)23/h1-2,5,7-8,11,17H,3-4,6,9-10,12-15H2,(H,21,25). The van der Waals surface area contributed by atoms with E-state index in [4.69, 9.17) is 0 Å². The number of nitrogens with one attached hydrogen (secondary N) is 1. The SMILES string of the molecule is O=C(NCCCN1CCCc2ccccc21)C1CCn2nccc2C1. The number of hydrogen-bond acceptors (Lipinski definition) is 3. The first kappa shape index (κ1) is 16.2. The third kappa shape index (κ3) is 3.55. The van der Waals surface area contributed by atoms with Gasteiger partial charge in [0.15, 0.2) is 0 Å². The van der Waals surface area contributed by atoms with Crippen molar-refractivity contribution in [1.29, 1.82) is 0 Å². The Kier molecular flexibility index (Phi) is 4.72. The summed E-state index contributed by atoms with van der Waals surface area (Å²) in [7, 11) is 0. The minimum Gasteiger partial charge on any atom is -0.371 e. The molecule has 0 bridgehead atoms. The summed E-state index contributed by atoms with van der Waals surface area (Å²) in [5, 5.41) is 7.42. The van der Waals surface area contributed by atoms with Crippen molar-refractivity contribution in [3.63, 3.8) is 0 Å². The number of rotatable bonds is 5. The van der Waals surface area contributed by atoms with Gasteiger partial charge in [-0.15, -0.1) is 0 Å². The second kappa shape index (κ2) is 7.30. The minimum atomic E-state index is 0.0971. The van der Waals surface area contributed by atoms with Crippen molar-refractivity contribution in [2.75, 3.05) is 24.5 Å². The van der Waals surface area contributed by atoms with E-state index >= 15 is 0 Å². The summed E-state index contributed by atoms with van der Waals surface area (Å²) < 4.78 is 2.01. The smallest absolute Gasteiger partial charge is 0.223 e. The summed E-state index contributed by atoms with van der Waals surface area (Å²) in [5.41, 5.74) is 4.01. The van der Waals surface area contributed by atoms with E-state index in [1.807, 2.05) is 16.9 Å². The van der Waals surface area contributed by atoms with Gasteiger partial charge >= 0.3 is 0 Å². The Labute approximate surface area is 149 Å². The monoisotopic (exact) mass is 338 g/mol. The highest BCUT2D eigenvalue weighted by atomic mass is 16.1. The molecule has 1 aromatic heterocycles. The van der Waals surface area contributed by atoms with Crippen LogP contribution in [0, 0.1) is 5.92 Å². The molecule has 4 rings (SSSR count). The van der Waals surface area contributed by atoms with Crippen LogP contribution in [-0.4, -0.2) is 35.3 Å². The van der Waals surface area contributed by atoms with Gasteiger partial charge in [0.05, 0.1) is 0 Å². The molecule has 0 saturated carbocycles. The lowest BCUT2D eigenvalue weighted by molar-refractivity contribution is -0.125. The summed E-state index contributed by atoms with van der Waals surface area (Å²) in [4.78, 5) is 14.9. The van der Waals surface area contributed by atoms with Crippen LogP contribution in [0.2, 0.25) is 0 Å². The molecule has 1 unspecified atom stereocenters. The van der Waals surface area contributed by atoms with Gasteiger partial charge in [-0.2, -0.15) is 5.10 Å². The molecule has 25 heavy (non-hydrogen) atoms. The van der Waals surface area contributed by atoms with E-state index < -0.39 is 0 Å². The first-order valence-corrected chi connectivity index (χ1v) is 9.42. The van der Waals surface area contributed by atoms with Gasteiger partial charge in [0.25, 0.3) is 0 Å². The second-order valence-corrected chi connectivity index (χ2v) is 7.10. The average Bonchev–Trinajstić information content (AvgIpc) is 3.13. The van der Waals surface area contributed by atoms with Gasteiger partial charge in [-0.3, -0.25) is 9.48 Å². The van der Waals surface area contributed by atoms with Gasteiger partial charge in [-0.05, 0) is 43.4 Å². The number of aromatic nitrogens is 2. The molecule has 1 N–H and O–H groups in total. The van der Waals surface area contributed by atoms with Crippen LogP contribution >= 0.6 is 0 Å². The number of aryl methyl sites for hydroxylation is 2. The molecule has 0 radical (unpaired) electrons. The van der Waals surface area contributed by atoms with Crippen LogP contribution in [0.25, 0.3) is 0 Å². The number of para-hydroxylation sites is 1. The molecule has 0 spiro atoms. The Hall–Kier alpha value is -2.30. The van der Waals surface area contributed by atoms with Crippen molar-refractivity contribution in [3.8, 4) is 0 Å². The molecule has 132 valence electrons. The molecular weight excluding hydrogens is 312 g/mol. The molecule has 0 aliphatic carbocycles. The van der Waals surface area contributed by atoms with Gasteiger partial charge in [0.2, 0.25) is 5.91 Å². The van der Waals surface area contributed by atoms with Crippen LogP contribution in [0.5, 0.6) is 0 Å². The van der Waals surface area contributed by atoms with E-state index in [1.165, 1.54) is 29.8 Å². The lowest BCUT2D eigenvalue weighted by Crippen LogP contribution is -2.37. The number of carbonyl (C=O) groups is 1. The highest BCUT2D eigenvalue weighted by Gasteiger charge is 2.24. The van der Waals surface area contributed by atoms with Crippen molar-refractivity contribution < 1.29 is 4.79 Å². The first-order valence-electron chi connectivity index (χ1n) is 9.42. The second-order valence-electron chi connectivity index (χ2n) is 7.10. The van der Waals surface area contributed by atoms with Gasteiger partial charge in [0, 0.05) is 56.1 Å². The summed E-state index contributed by atoms with van der Waals surface area (Å²) >= 11 is 0. The van der Waals surface area contributed by atoms with E-state index in [2.05, 4.69) is 39.6 Å². The summed E-state index contributed by atoms with van der Waals surface area (Å²) in [6.07, 6.45) is 6.92. The lowest BCUT2D eigenvalue weighted by Gasteiger charge is -2.31. The van der Waals surface area contributed by atoms with E-state index in [-0.39, 0.29) is 11.8 Å². The van der Waals surface area contributed by atoms with E-state index in [0.717, 1.165) is 45.4 Å². The van der Waals surface area contributed by atoms with Crippen LogP contribution in [0.3, 0.4) is 0 Å². The molecule has 2 aromatic rings. The maximum absolute atomic E-state index is 12.4. The molecular formula is C20H26N4O. The quantitative estimate of drug-likeness (QED) is 0.852. The molecule has 1 aromatic carbocycles. The molecule has 1 amide bonds. The number of amides is 1. The Balaban J connectivity index is 1.23. The predicted octanol–water partition coefficient (Wildman–Crippen LogP) is 2.40. The Morgan fingerprint density at radius 3 is 3.12 bits per heavy atom. The summed E-state index contributed by atoms with van der Waals surface area (Å²) in [6, 6.07) is 10.7. The zero-order valence-electron chi connectivity index (χ0n) is 14.7. The zero-order chi connectivity index (χ0) is 17.1. The molecule has 2 aliphatic rings. The fourth-order valence-electron chi connectivity index (χ4n) is 4.06. The Bertz CT molecular complexity index is 739. The predicted molar refractivity (Wildman–Crippen MR) is 98.6 cm³/mol. The van der Waals surface area contributed by atoms with Gasteiger partial charge in [-0.1, -0.05) is 18.2 Å². The van der Waals surface area contributed by atoms with E-state index in [0.29, 0.717) is 0 Å². The van der Waals surface area contributed by atoms with Gasteiger partial charge < -0.3 is 10.2 Å². The molecule has 1 atom stereocenters. The molecule has 5 nitrogen and oxygen atoms in total. The molecule has 3 heterocycles. The van der Waals surface area contributed by atoms with Crippen LogP contribution in [0.4, 0.5) is 5.69 Å². The van der Waals surface area contributed by atoms with E-state index in [1.54, 1.807) is 0 Å². The number of benzene rings is 1. The third-order valence-corrected chi connectivity index (χ3v) is 5.43. The number of hydrogen-bond donors (Lipinski definition) is 1. The maximum atomic E-state index is 12.4. The average molecular weight is 338 g/mol. The van der Waals surface area contributed by atoms with Crippen molar-refractivity contribution in [1.82, 2.24) is 15.1 Å². The van der Waals surface area contributed by atoms with Gasteiger partial charge in [0.1, 0.15) is 0 Å². The summed E-state index contributed by atoms with van der Waals surface area (Å²) in [5.74, 6) is 0.298. The Morgan fingerprint density at radius 1 is 1.24 bits per heavy atom. The normalized spacial score (nSPS) is 19.2. The fourth-order valence-corrected chi connectivity index (χ4v) is 4.06. The Morgan fingerprint density at radius 2 is 2.16 bits per heavy atom. The lowest BCUT2D eigenvalue weighted by atomic mass is 9.95. The summed E-state index contributed by atoms with van der Waals surface area (Å²) in [6.45, 7) is 3.74. The number of fused-ring (bicyclic) bond motifs is 2. The molecule has 0 saturated heterocycles. The minimum absolute atomic E-state index is 0.0971. The van der Waals surface area contributed by atoms with Crippen LogP contribution in [-0.2, 0) is 24.2 Å². The van der Waals surface area contributed by atoms with Crippen molar-refractivity contribution in [2.45, 2.75) is 38.6 Å². The van der Waals surface area contributed by atoms with Crippen LogP contribution < -0.4 is 10.2 Å². The third-order valence-electron chi connectivity index (χ3n) is 5.43. The van der Waals surface area contributed by atoms with Crippen LogP contribution in [0.15, 0.2) is 36.5 Å². The van der Waals surface area contributed by atoms with Crippen LogP contribution in [0.1, 0.15) is 30.5 Å². The first-order chi connectivity index (χ1) is 12.3. The number of anilines is 1. The largest absolute Gasteiger partial charge is 0.371 e. The molecule has 0 fully saturated rings. The molecule has 2 aliphatic heterocycles. The zero-order valence-corrected chi connectivity index (χ0v) is 14.7. The number of carbonyl (C=O) groups excluding carboxylic acids is 1. The molecule has 5 heteroatoms. The van der Waals surface area contributed by atoms with Crippen molar-refractivity contribution in [3.05, 3.63) is 47.8 Å². The number of nitrogens with zero attached hydrogens (tertiary/aromatic N) is 3. The van der Waals surface area contributed by atoms with Crippen molar-refractivity contribution >= 4 is 11.6 Å². The topological polar surface area (TPSA) is 50.2 Å². The fraction of sp³-hybridized carbons (Fsp3) is 0.500.